The monoisotopic (exact) mass is 514 g/mol. The molecule has 0 amide bonds. The molecule has 6 rings (SSSR count). The van der Waals surface area contributed by atoms with Crippen molar-refractivity contribution >= 4 is 32.1 Å². The summed E-state index contributed by atoms with van der Waals surface area (Å²) in [6, 6.07) is 13.6. The Kier molecular flexibility index (Phi) is 5.46. The first kappa shape index (κ1) is 22.9. The van der Waals surface area contributed by atoms with Crippen molar-refractivity contribution in [3.8, 4) is 34.0 Å². The van der Waals surface area contributed by atoms with Gasteiger partial charge in [-0.3, -0.25) is 15.1 Å². The molecular formula is C25H19FN8O2S. The number of sulfonamides is 1. The number of pyridine rings is 3. The van der Waals surface area contributed by atoms with Crippen molar-refractivity contribution in [2.75, 3.05) is 6.26 Å². The summed E-state index contributed by atoms with van der Waals surface area (Å²) in [7, 11) is -3.43. The first-order valence-corrected chi connectivity index (χ1v) is 13.1. The van der Waals surface area contributed by atoms with Gasteiger partial charge in [-0.2, -0.15) is 5.10 Å². The van der Waals surface area contributed by atoms with Crippen LogP contribution in [0.5, 0.6) is 0 Å². The zero-order valence-electron chi connectivity index (χ0n) is 19.4. The standard InChI is InChI=1S/C25H19FN8O2S/c1-37(35,36)29-12-14-9-16(11-17(26)10-14)21-22-19(6-8-28-21)31-25(32-22)24-23-20(33-34-24)5-4-18(30-23)15-3-2-7-27-13-15/h2-11,13,29H,12H2,1H3,(H,31,32)(H,33,34). The van der Waals surface area contributed by atoms with Crippen molar-refractivity contribution in [1.82, 2.24) is 39.8 Å². The Morgan fingerprint density at radius 1 is 0.946 bits per heavy atom. The number of aromatic nitrogens is 7. The van der Waals surface area contributed by atoms with Gasteiger partial charge in [-0.1, -0.05) is 0 Å². The van der Waals surface area contributed by atoms with E-state index in [0.29, 0.717) is 44.9 Å². The second-order valence-corrected chi connectivity index (χ2v) is 10.3. The topological polar surface area (TPSA) is 142 Å². The van der Waals surface area contributed by atoms with Gasteiger partial charge in [0.05, 0.1) is 28.7 Å². The summed E-state index contributed by atoms with van der Waals surface area (Å²) in [5.74, 6) is -0.0375. The number of fused-ring (bicyclic) bond motifs is 2. The molecule has 0 spiro atoms. The molecule has 0 bridgehead atoms. The van der Waals surface area contributed by atoms with Crippen LogP contribution in [0.25, 0.3) is 56.1 Å². The minimum atomic E-state index is -3.43. The zero-order chi connectivity index (χ0) is 25.6. The SMILES string of the molecule is CS(=O)(=O)NCc1cc(F)cc(-c2nccc3[nH]c(-c4n[nH]c5ccc(-c6cccnc6)nc45)nc23)c1. The molecule has 10 nitrogen and oxygen atoms in total. The Hall–Kier alpha value is -4.55. The van der Waals surface area contributed by atoms with E-state index >= 15 is 0 Å². The van der Waals surface area contributed by atoms with Gasteiger partial charge < -0.3 is 4.98 Å². The van der Waals surface area contributed by atoms with Crippen LogP contribution in [0.15, 0.2) is 67.1 Å². The molecule has 184 valence electrons. The highest BCUT2D eigenvalue weighted by Crippen LogP contribution is 2.31. The molecule has 0 aliphatic heterocycles. The number of nitrogens with one attached hydrogen (secondary N) is 3. The van der Waals surface area contributed by atoms with Crippen LogP contribution in [0.4, 0.5) is 4.39 Å². The van der Waals surface area contributed by atoms with Gasteiger partial charge in [0.15, 0.2) is 11.5 Å². The van der Waals surface area contributed by atoms with Gasteiger partial charge in [-0.15, -0.1) is 0 Å². The van der Waals surface area contributed by atoms with Gasteiger partial charge in [0.2, 0.25) is 10.0 Å². The second-order valence-electron chi connectivity index (χ2n) is 8.49. The highest BCUT2D eigenvalue weighted by Gasteiger charge is 2.18. The maximum atomic E-state index is 14.5. The van der Waals surface area contributed by atoms with E-state index in [1.807, 2.05) is 24.3 Å². The number of aromatic amines is 2. The number of nitrogens with zero attached hydrogens (tertiary/aromatic N) is 5. The van der Waals surface area contributed by atoms with Crippen LogP contribution in [-0.4, -0.2) is 49.8 Å². The van der Waals surface area contributed by atoms with E-state index in [1.54, 1.807) is 30.7 Å². The number of benzene rings is 1. The van der Waals surface area contributed by atoms with E-state index in [4.69, 9.17) is 9.97 Å². The Morgan fingerprint density at radius 2 is 1.81 bits per heavy atom. The third kappa shape index (κ3) is 4.55. The number of hydrogen-bond acceptors (Lipinski definition) is 7. The van der Waals surface area contributed by atoms with Gasteiger partial charge in [0.1, 0.15) is 16.9 Å². The van der Waals surface area contributed by atoms with Crippen LogP contribution in [-0.2, 0) is 16.6 Å². The van der Waals surface area contributed by atoms with Gasteiger partial charge in [-0.05, 0) is 54.1 Å². The van der Waals surface area contributed by atoms with Crippen molar-refractivity contribution in [2.24, 2.45) is 0 Å². The lowest BCUT2D eigenvalue weighted by Crippen LogP contribution is -2.21. The molecule has 0 aliphatic rings. The molecule has 0 fully saturated rings. The molecule has 3 N–H and O–H groups in total. The van der Waals surface area contributed by atoms with E-state index in [1.165, 1.54) is 12.1 Å². The normalized spacial score (nSPS) is 11.9. The molecule has 0 unspecified atom stereocenters. The van der Waals surface area contributed by atoms with E-state index in [2.05, 4.69) is 29.9 Å². The third-order valence-electron chi connectivity index (χ3n) is 5.76. The van der Waals surface area contributed by atoms with E-state index in [0.717, 1.165) is 23.0 Å². The third-order valence-corrected chi connectivity index (χ3v) is 6.43. The fourth-order valence-electron chi connectivity index (χ4n) is 4.10. The summed E-state index contributed by atoms with van der Waals surface area (Å²) in [5.41, 5.74) is 6.10. The van der Waals surface area contributed by atoms with E-state index in [-0.39, 0.29) is 6.54 Å². The second kappa shape index (κ2) is 8.84. The first-order chi connectivity index (χ1) is 17.8. The first-order valence-electron chi connectivity index (χ1n) is 11.2. The fourth-order valence-corrected chi connectivity index (χ4v) is 4.53. The molecule has 12 heteroatoms. The van der Waals surface area contributed by atoms with Gasteiger partial charge in [0, 0.05) is 36.3 Å². The summed E-state index contributed by atoms with van der Waals surface area (Å²) >= 11 is 0. The van der Waals surface area contributed by atoms with Gasteiger partial charge in [0.25, 0.3) is 0 Å². The predicted octanol–water partition coefficient (Wildman–Crippen LogP) is 3.81. The minimum absolute atomic E-state index is 0.0460. The van der Waals surface area contributed by atoms with Crippen LogP contribution in [0.2, 0.25) is 0 Å². The molecule has 0 aliphatic carbocycles. The Morgan fingerprint density at radius 3 is 2.62 bits per heavy atom. The van der Waals surface area contributed by atoms with Crippen molar-refractivity contribution in [2.45, 2.75) is 6.54 Å². The smallest absolute Gasteiger partial charge is 0.209 e. The van der Waals surface area contributed by atoms with E-state index < -0.39 is 15.8 Å². The summed E-state index contributed by atoms with van der Waals surface area (Å²) < 4.78 is 39.8. The Bertz CT molecular complexity index is 1880. The van der Waals surface area contributed by atoms with Crippen molar-refractivity contribution in [3.05, 3.63) is 78.5 Å². The number of H-pyrrole nitrogens is 2. The van der Waals surface area contributed by atoms with Crippen LogP contribution in [0, 0.1) is 5.82 Å². The molecule has 0 atom stereocenters. The van der Waals surface area contributed by atoms with Gasteiger partial charge >= 0.3 is 0 Å². The summed E-state index contributed by atoms with van der Waals surface area (Å²) in [6.07, 6.45) is 6.09. The average Bonchev–Trinajstić information content (AvgIpc) is 3.51. The Balaban J connectivity index is 1.44. The van der Waals surface area contributed by atoms with Crippen molar-refractivity contribution < 1.29 is 12.8 Å². The molecule has 5 aromatic heterocycles. The number of halogens is 1. The highest BCUT2D eigenvalue weighted by atomic mass is 32.2. The van der Waals surface area contributed by atoms with Crippen LogP contribution < -0.4 is 4.72 Å². The maximum Gasteiger partial charge on any atom is 0.209 e. The Labute approximate surface area is 210 Å². The fraction of sp³-hybridized carbons (Fsp3) is 0.0800. The number of rotatable bonds is 6. The maximum absolute atomic E-state index is 14.5. The van der Waals surface area contributed by atoms with Gasteiger partial charge in [-0.25, -0.2) is 27.5 Å². The largest absolute Gasteiger partial charge is 0.336 e. The predicted molar refractivity (Wildman–Crippen MR) is 137 cm³/mol. The molecule has 0 radical (unpaired) electrons. The van der Waals surface area contributed by atoms with Crippen LogP contribution in [0.1, 0.15) is 5.56 Å². The van der Waals surface area contributed by atoms with Crippen molar-refractivity contribution in [1.29, 1.82) is 0 Å². The molecule has 0 saturated heterocycles. The molecule has 5 heterocycles. The average molecular weight is 515 g/mol. The molecular weight excluding hydrogens is 495 g/mol. The highest BCUT2D eigenvalue weighted by molar-refractivity contribution is 7.88. The summed E-state index contributed by atoms with van der Waals surface area (Å²) in [4.78, 5) is 21.4. The lowest BCUT2D eigenvalue weighted by molar-refractivity contribution is 0.586. The van der Waals surface area contributed by atoms with Crippen LogP contribution >= 0.6 is 0 Å². The summed E-state index contributed by atoms with van der Waals surface area (Å²) in [6.45, 7) is -0.0460. The summed E-state index contributed by atoms with van der Waals surface area (Å²) in [5, 5.41) is 7.42. The van der Waals surface area contributed by atoms with E-state index in [9.17, 15) is 12.8 Å². The number of hydrogen-bond donors (Lipinski definition) is 3. The van der Waals surface area contributed by atoms with Crippen molar-refractivity contribution in [3.63, 3.8) is 0 Å². The molecule has 6 aromatic rings. The minimum Gasteiger partial charge on any atom is -0.336 e. The molecule has 1 aromatic carbocycles. The lowest BCUT2D eigenvalue weighted by atomic mass is 10.1. The lowest BCUT2D eigenvalue weighted by Gasteiger charge is -2.07. The van der Waals surface area contributed by atoms with Crippen LogP contribution in [0.3, 0.4) is 0 Å². The zero-order valence-corrected chi connectivity index (χ0v) is 20.2. The number of imidazole rings is 1. The molecule has 0 saturated carbocycles. The molecule has 37 heavy (non-hydrogen) atoms. The quantitative estimate of drug-likeness (QED) is 0.307.